The first-order chi connectivity index (χ1) is 10.9. The standard InChI is InChI=1S/C16H24N2O4S/c1-22-15-7-3-5-13(11-15)8-9-16(19)17-12-14-6-4-10-18(14)23(2,20)21/h3,5,7,11,14H,4,6,8-10,12H2,1-2H3,(H,17,19). The van der Waals surface area contributed by atoms with E-state index in [4.69, 9.17) is 4.74 Å². The van der Waals surface area contributed by atoms with E-state index in [9.17, 15) is 13.2 Å². The zero-order valence-electron chi connectivity index (χ0n) is 13.6. The quantitative estimate of drug-likeness (QED) is 0.808. The molecule has 1 heterocycles. The first-order valence-electron chi connectivity index (χ1n) is 7.76. The van der Waals surface area contributed by atoms with E-state index in [0.717, 1.165) is 24.2 Å². The molecular weight excluding hydrogens is 316 g/mol. The van der Waals surface area contributed by atoms with Crippen LogP contribution in [0.2, 0.25) is 0 Å². The fourth-order valence-electron chi connectivity index (χ4n) is 2.86. The number of aryl methyl sites for hydroxylation is 1. The van der Waals surface area contributed by atoms with Crippen molar-refractivity contribution in [3.63, 3.8) is 0 Å². The molecule has 0 aromatic heterocycles. The first kappa shape index (κ1) is 17.7. The fourth-order valence-corrected chi connectivity index (χ4v) is 4.04. The van der Waals surface area contributed by atoms with Gasteiger partial charge in [0.15, 0.2) is 0 Å². The van der Waals surface area contributed by atoms with Crippen molar-refractivity contribution in [2.75, 3.05) is 26.5 Å². The van der Waals surface area contributed by atoms with Crippen molar-refractivity contribution >= 4 is 15.9 Å². The highest BCUT2D eigenvalue weighted by atomic mass is 32.2. The summed E-state index contributed by atoms with van der Waals surface area (Å²) >= 11 is 0. The average Bonchev–Trinajstić information content (AvgIpc) is 3.00. The third-order valence-corrected chi connectivity index (χ3v) is 5.39. The number of methoxy groups -OCH3 is 1. The lowest BCUT2D eigenvalue weighted by Crippen LogP contribution is -2.42. The Kier molecular flexibility index (Phi) is 6.01. The largest absolute Gasteiger partial charge is 0.497 e. The minimum atomic E-state index is -3.19. The number of sulfonamides is 1. The summed E-state index contributed by atoms with van der Waals surface area (Å²) < 4.78 is 30.0. The van der Waals surface area contributed by atoms with Crippen molar-refractivity contribution in [1.82, 2.24) is 9.62 Å². The molecule has 1 amide bonds. The Morgan fingerprint density at radius 1 is 1.43 bits per heavy atom. The maximum atomic E-state index is 12.0. The van der Waals surface area contributed by atoms with Crippen LogP contribution in [0.3, 0.4) is 0 Å². The predicted molar refractivity (Wildman–Crippen MR) is 88.9 cm³/mol. The van der Waals surface area contributed by atoms with Crippen LogP contribution in [0, 0.1) is 0 Å². The predicted octanol–water partition coefficient (Wildman–Crippen LogP) is 1.17. The normalized spacial score (nSPS) is 18.8. The monoisotopic (exact) mass is 340 g/mol. The van der Waals surface area contributed by atoms with E-state index in [0.29, 0.717) is 25.9 Å². The highest BCUT2D eigenvalue weighted by Gasteiger charge is 2.31. The number of rotatable bonds is 7. The molecule has 0 spiro atoms. The highest BCUT2D eigenvalue weighted by Crippen LogP contribution is 2.19. The van der Waals surface area contributed by atoms with Crippen LogP contribution in [-0.4, -0.2) is 51.1 Å². The van der Waals surface area contributed by atoms with Gasteiger partial charge in [0.25, 0.3) is 0 Å². The molecule has 128 valence electrons. The van der Waals surface area contributed by atoms with Gasteiger partial charge in [0.05, 0.1) is 13.4 Å². The van der Waals surface area contributed by atoms with Crippen molar-refractivity contribution in [2.45, 2.75) is 31.7 Å². The Morgan fingerprint density at radius 2 is 2.22 bits per heavy atom. The van der Waals surface area contributed by atoms with Gasteiger partial charge in [0.2, 0.25) is 15.9 Å². The summed E-state index contributed by atoms with van der Waals surface area (Å²) in [6.07, 6.45) is 3.86. The van der Waals surface area contributed by atoms with Crippen molar-refractivity contribution < 1.29 is 17.9 Å². The second-order valence-corrected chi connectivity index (χ2v) is 7.76. The number of nitrogens with one attached hydrogen (secondary N) is 1. The van der Waals surface area contributed by atoms with Crippen LogP contribution in [0.15, 0.2) is 24.3 Å². The number of hydrogen-bond donors (Lipinski definition) is 1. The first-order valence-corrected chi connectivity index (χ1v) is 9.61. The van der Waals surface area contributed by atoms with Crippen LogP contribution in [0.25, 0.3) is 0 Å². The second kappa shape index (κ2) is 7.79. The van der Waals surface area contributed by atoms with Gasteiger partial charge in [-0.05, 0) is 37.0 Å². The molecule has 6 nitrogen and oxygen atoms in total. The molecule has 23 heavy (non-hydrogen) atoms. The van der Waals surface area contributed by atoms with E-state index in [1.54, 1.807) is 7.11 Å². The Labute approximate surface area is 137 Å². The minimum Gasteiger partial charge on any atom is -0.497 e. The maximum Gasteiger partial charge on any atom is 0.220 e. The van der Waals surface area contributed by atoms with E-state index in [-0.39, 0.29) is 11.9 Å². The summed E-state index contributed by atoms with van der Waals surface area (Å²) in [6.45, 7) is 0.924. The number of amides is 1. The number of carbonyl (C=O) groups is 1. The molecule has 0 radical (unpaired) electrons. The maximum absolute atomic E-state index is 12.0. The molecule has 1 aliphatic rings. The lowest BCUT2D eigenvalue weighted by atomic mass is 10.1. The summed E-state index contributed by atoms with van der Waals surface area (Å²) in [5.74, 6) is 0.714. The third-order valence-electron chi connectivity index (χ3n) is 4.06. The van der Waals surface area contributed by atoms with Gasteiger partial charge in [-0.3, -0.25) is 4.79 Å². The Balaban J connectivity index is 1.79. The molecule has 1 saturated heterocycles. The minimum absolute atomic E-state index is 0.0619. The molecule has 0 aliphatic carbocycles. The van der Waals surface area contributed by atoms with E-state index in [1.165, 1.54) is 10.6 Å². The molecule has 1 fully saturated rings. The zero-order valence-corrected chi connectivity index (χ0v) is 14.4. The highest BCUT2D eigenvalue weighted by molar-refractivity contribution is 7.88. The van der Waals surface area contributed by atoms with Crippen LogP contribution in [-0.2, 0) is 21.2 Å². The molecule has 1 atom stereocenters. The second-order valence-electron chi connectivity index (χ2n) is 5.83. The van der Waals surface area contributed by atoms with Crippen LogP contribution in [0.4, 0.5) is 0 Å². The van der Waals surface area contributed by atoms with E-state index >= 15 is 0 Å². The number of carbonyl (C=O) groups excluding carboxylic acids is 1. The van der Waals surface area contributed by atoms with E-state index < -0.39 is 10.0 Å². The van der Waals surface area contributed by atoms with Gasteiger partial charge in [-0.1, -0.05) is 12.1 Å². The van der Waals surface area contributed by atoms with Crippen molar-refractivity contribution in [1.29, 1.82) is 0 Å². The molecule has 0 bridgehead atoms. The average molecular weight is 340 g/mol. The van der Waals surface area contributed by atoms with Gasteiger partial charge < -0.3 is 10.1 Å². The van der Waals surface area contributed by atoms with Crippen LogP contribution in [0.5, 0.6) is 5.75 Å². The molecule has 2 rings (SSSR count). The Morgan fingerprint density at radius 3 is 2.91 bits per heavy atom. The summed E-state index contributed by atoms with van der Waals surface area (Å²) in [7, 11) is -1.58. The molecule has 0 saturated carbocycles. The van der Waals surface area contributed by atoms with Crippen molar-refractivity contribution in [2.24, 2.45) is 0 Å². The number of nitrogens with zero attached hydrogens (tertiary/aromatic N) is 1. The molecule has 1 aromatic carbocycles. The summed E-state index contributed by atoms with van der Waals surface area (Å²) in [5.41, 5.74) is 1.04. The van der Waals surface area contributed by atoms with Crippen LogP contribution in [0.1, 0.15) is 24.8 Å². The fraction of sp³-hybridized carbons (Fsp3) is 0.562. The summed E-state index contributed by atoms with van der Waals surface area (Å²) in [5, 5.41) is 2.85. The lowest BCUT2D eigenvalue weighted by molar-refractivity contribution is -0.121. The Hall–Kier alpha value is -1.60. The number of hydrogen-bond acceptors (Lipinski definition) is 4. The van der Waals surface area contributed by atoms with E-state index in [1.807, 2.05) is 24.3 Å². The smallest absolute Gasteiger partial charge is 0.220 e. The summed E-state index contributed by atoms with van der Waals surface area (Å²) in [6, 6.07) is 7.51. The lowest BCUT2D eigenvalue weighted by Gasteiger charge is -2.22. The Bertz CT molecular complexity index is 645. The SMILES string of the molecule is COc1cccc(CCC(=O)NCC2CCCN2S(C)(=O)=O)c1. The van der Waals surface area contributed by atoms with Gasteiger partial charge >= 0.3 is 0 Å². The third kappa shape index (κ3) is 5.21. The number of ether oxygens (including phenoxy) is 1. The van der Waals surface area contributed by atoms with Crippen molar-refractivity contribution in [3.8, 4) is 5.75 Å². The topological polar surface area (TPSA) is 75.7 Å². The molecular formula is C16H24N2O4S. The molecule has 1 unspecified atom stereocenters. The van der Waals surface area contributed by atoms with Crippen molar-refractivity contribution in [3.05, 3.63) is 29.8 Å². The molecule has 1 N–H and O–H groups in total. The summed E-state index contributed by atoms with van der Waals surface area (Å²) in [4.78, 5) is 12.0. The molecule has 7 heteroatoms. The van der Waals surface area contributed by atoms with Gasteiger partial charge in [-0.25, -0.2) is 8.42 Å². The van der Waals surface area contributed by atoms with Gasteiger partial charge in [0.1, 0.15) is 5.75 Å². The zero-order chi connectivity index (χ0) is 16.9. The molecule has 1 aliphatic heterocycles. The van der Waals surface area contributed by atoms with Gasteiger partial charge in [-0.15, -0.1) is 0 Å². The number of benzene rings is 1. The van der Waals surface area contributed by atoms with Gasteiger partial charge in [-0.2, -0.15) is 4.31 Å². The van der Waals surface area contributed by atoms with E-state index in [2.05, 4.69) is 5.32 Å². The van der Waals surface area contributed by atoms with Gasteiger partial charge in [0, 0.05) is 25.6 Å². The molecule has 1 aromatic rings. The van der Waals surface area contributed by atoms with Crippen LogP contribution < -0.4 is 10.1 Å². The van der Waals surface area contributed by atoms with Crippen LogP contribution >= 0.6 is 0 Å².